The zero-order valence-corrected chi connectivity index (χ0v) is 11.7. The Kier molecular flexibility index (Phi) is 5.31. The van der Waals surface area contributed by atoms with Crippen molar-refractivity contribution in [1.82, 2.24) is 9.88 Å². The van der Waals surface area contributed by atoms with Crippen molar-refractivity contribution in [1.29, 1.82) is 0 Å². The lowest BCUT2D eigenvalue weighted by atomic mass is 9.91. The highest BCUT2D eigenvalue weighted by Gasteiger charge is 2.29. The summed E-state index contributed by atoms with van der Waals surface area (Å²) in [7, 11) is 0. The van der Waals surface area contributed by atoms with Crippen molar-refractivity contribution in [2.45, 2.75) is 38.3 Å². The lowest BCUT2D eigenvalue weighted by Gasteiger charge is -2.40. The monoisotopic (exact) mass is 263 g/mol. The largest absolute Gasteiger partial charge is 0.396 e. The predicted molar refractivity (Wildman–Crippen MR) is 76.6 cm³/mol. The quantitative estimate of drug-likeness (QED) is 0.846. The summed E-state index contributed by atoms with van der Waals surface area (Å²) in [6, 6.07) is 4.55. The number of nitrogens with two attached hydrogens (primary N) is 1. The van der Waals surface area contributed by atoms with Crippen LogP contribution in [0.4, 0.5) is 0 Å². The molecule has 1 aromatic rings. The van der Waals surface area contributed by atoms with Crippen molar-refractivity contribution in [3.05, 3.63) is 30.1 Å². The van der Waals surface area contributed by atoms with Gasteiger partial charge >= 0.3 is 0 Å². The molecular formula is C15H25N3O. The van der Waals surface area contributed by atoms with Crippen LogP contribution < -0.4 is 5.73 Å². The fraction of sp³-hybridized carbons (Fsp3) is 0.667. The zero-order valence-electron chi connectivity index (χ0n) is 11.7. The number of rotatable bonds is 5. The standard InChI is InChI=1S/C15H25N3O/c1-2-14(16)15(13-3-7-17-8-4-13)18-9-5-12(11-19)6-10-18/h3-4,7-8,12,14-15,19H,2,5-6,9-11,16H2,1H3. The summed E-state index contributed by atoms with van der Waals surface area (Å²) in [6.07, 6.45) is 6.77. The zero-order chi connectivity index (χ0) is 13.7. The Morgan fingerprint density at radius 2 is 2.00 bits per heavy atom. The smallest absolute Gasteiger partial charge is 0.0500 e. The summed E-state index contributed by atoms with van der Waals surface area (Å²) < 4.78 is 0. The van der Waals surface area contributed by atoms with Crippen LogP contribution in [0.5, 0.6) is 0 Å². The molecule has 4 heteroatoms. The highest BCUT2D eigenvalue weighted by atomic mass is 16.3. The molecule has 1 saturated heterocycles. The van der Waals surface area contributed by atoms with Gasteiger partial charge in [-0.25, -0.2) is 0 Å². The molecule has 0 aromatic carbocycles. The Bertz CT molecular complexity index is 363. The van der Waals surface area contributed by atoms with E-state index in [2.05, 4.69) is 28.9 Å². The number of likely N-dealkylation sites (tertiary alicyclic amines) is 1. The van der Waals surface area contributed by atoms with Gasteiger partial charge < -0.3 is 10.8 Å². The van der Waals surface area contributed by atoms with Gasteiger partial charge in [-0.1, -0.05) is 6.92 Å². The Morgan fingerprint density at radius 3 is 2.53 bits per heavy atom. The third-order valence-electron chi connectivity index (χ3n) is 4.23. The lowest BCUT2D eigenvalue weighted by molar-refractivity contribution is 0.0884. The first-order valence-corrected chi connectivity index (χ1v) is 7.26. The highest BCUT2D eigenvalue weighted by Crippen LogP contribution is 2.29. The van der Waals surface area contributed by atoms with E-state index in [0.717, 1.165) is 32.4 Å². The second kappa shape index (κ2) is 6.98. The number of aliphatic hydroxyl groups is 1. The van der Waals surface area contributed by atoms with E-state index in [1.54, 1.807) is 0 Å². The number of pyridine rings is 1. The number of hydrogen-bond acceptors (Lipinski definition) is 4. The summed E-state index contributed by atoms with van der Waals surface area (Å²) in [4.78, 5) is 6.56. The van der Waals surface area contributed by atoms with Gasteiger partial charge in [-0.3, -0.25) is 9.88 Å². The van der Waals surface area contributed by atoms with Crippen LogP contribution in [0.1, 0.15) is 37.8 Å². The van der Waals surface area contributed by atoms with Gasteiger partial charge in [-0.2, -0.15) is 0 Å². The van der Waals surface area contributed by atoms with Crippen LogP contribution in [0.3, 0.4) is 0 Å². The molecule has 2 rings (SSSR count). The van der Waals surface area contributed by atoms with Gasteiger partial charge in [-0.05, 0) is 56.0 Å². The summed E-state index contributed by atoms with van der Waals surface area (Å²) in [5.41, 5.74) is 7.59. The molecule has 106 valence electrons. The molecule has 0 radical (unpaired) electrons. The molecule has 0 amide bonds. The molecule has 0 aliphatic carbocycles. The fourth-order valence-electron chi connectivity index (χ4n) is 2.93. The number of nitrogens with zero attached hydrogens (tertiary/aromatic N) is 2. The van der Waals surface area contributed by atoms with Gasteiger partial charge in [0.05, 0.1) is 0 Å². The Morgan fingerprint density at radius 1 is 1.37 bits per heavy atom. The first-order valence-electron chi connectivity index (χ1n) is 7.26. The van der Waals surface area contributed by atoms with E-state index in [-0.39, 0.29) is 12.1 Å². The molecular weight excluding hydrogens is 238 g/mol. The maximum absolute atomic E-state index is 9.24. The summed E-state index contributed by atoms with van der Waals surface area (Å²) in [6.45, 7) is 4.49. The predicted octanol–water partition coefficient (Wildman–Crippen LogP) is 1.56. The van der Waals surface area contributed by atoms with Crippen LogP contribution in [0.15, 0.2) is 24.5 Å². The van der Waals surface area contributed by atoms with E-state index in [0.29, 0.717) is 12.5 Å². The lowest BCUT2D eigenvalue weighted by Crippen LogP contribution is -2.45. The number of aliphatic hydroxyl groups excluding tert-OH is 1. The molecule has 1 aliphatic rings. The summed E-state index contributed by atoms with van der Waals surface area (Å²) in [5, 5.41) is 9.24. The second-order valence-corrected chi connectivity index (χ2v) is 5.46. The minimum absolute atomic E-state index is 0.146. The molecule has 0 spiro atoms. The van der Waals surface area contributed by atoms with Crippen LogP contribution in [-0.2, 0) is 0 Å². The van der Waals surface area contributed by atoms with Crippen LogP contribution in [0, 0.1) is 5.92 Å². The number of hydrogen-bond donors (Lipinski definition) is 2. The van der Waals surface area contributed by atoms with E-state index < -0.39 is 0 Å². The number of piperidine rings is 1. The van der Waals surface area contributed by atoms with Crippen molar-refractivity contribution >= 4 is 0 Å². The van der Waals surface area contributed by atoms with Crippen molar-refractivity contribution in [3.63, 3.8) is 0 Å². The normalized spacial score (nSPS) is 21.2. The molecule has 4 nitrogen and oxygen atoms in total. The molecule has 2 atom stereocenters. The second-order valence-electron chi connectivity index (χ2n) is 5.46. The van der Waals surface area contributed by atoms with Crippen molar-refractivity contribution in [3.8, 4) is 0 Å². The first kappa shape index (κ1) is 14.4. The summed E-state index contributed by atoms with van der Waals surface area (Å²) >= 11 is 0. The molecule has 1 aliphatic heterocycles. The third kappa shape index (κ3) is 3.53. The summed E-state index contributed by atoms with van der Waals surface area (Å²) in [5.74, 6) is 0.465. The van der Waals surface area contributed by atoms with Gasteiger partial charge in [-0.15, -0.1) is 0 Å². The molecule has 3 N–H and O–H groups in total. The molecule has 1 aromatic heterocycles. The minimum atomic E-state index is 0.146. The molecule has 2 heterocycles. The minimum Gasteiger partial charge on any atom is -0.396 e. The third-order valence-corrected chi connectivity index (χ3v) is 4.23. The van der Waals surface area contributed by atoms with E-state index in [1.165, 1.54) is 5.56 Å². The van der Waals surface area contributed by atoms with Gasteiger partial charge in [0.2, 0.25) is 0 Å². The topological polar surface area (TPSA) is 62.4 Å². The molecule has 0 saturated carbocycles. The van der Waals surface area contributed by atoms with Crippen molar-refractivity contribution in [2.24, 2.45) is 11.7 Å². The van der Waals surface area contributed by atoms with Crippen LogP contribution in [-0.4, -0.2) is 40.7 Å². The first-order chi connectivity index (χ1) is 9.26. The average Bonchev–Trinajstić information content (AvgIpc) is 2.49. The SMILES string of the molecule is CCC(N)C(c1ccncc1)N1CCC(CO)CC1. The Balaban J connectivity index is 2.11. The van der Waals surface area contributed by atoms with Gasteiger partial charge in [0, 0.05) is 31.1 Å². The van der Waals surface area contributed by atoms with Crippen LogP contribution in [0.2, 0.25) is 0 Å². The van der Waals surface area contributed by atoms with Gasteiger partial charge in [0.1, 0.15) is 0 Å². The van der Waals surface area contributed by atoms with E-state index >= 15 is 0 Å². The molecule has 19 heavy (non-hydrogen) atoms. The van der Waals surface area contributed by atoms with Gasteiger partial charge in [0.15, 0.2) is 0 Å². The Labute approximate surface area is 115 Å². The highest BCUT2D eigenvalue weighted by molar-refractivity contribution is 5.17. The maximum atomic E-state index is 9.24. The van der Waals surface area contributed by atoms with Crippen LogP contribution in [0.25, 0.3) is 0 Å². The fourth-order valence-corrected chi connectivity index (χ4v) is 2.93. The van der Waals surface area contributed by atoms with E-state index in [9.17, 15) is 5.11 Å². The van der Waals surface area contributed by atoms with E-state index in [4.69, 9.17) is 5.73 Å². The van der Waals surface area contributed by atoms with Crippen molar-refractivity contribution < 1.29 is 5.11 Å². The molecule has 1 fully saturated rings. The van der Waals surface area contributed by atoms with Gasteiger partial charge in [0.25, 0.3) is 0 Å². The van der Waals surface area contributed by atoms with Crippen molar-refractivity contribution in [2.75, 3.05) is 19.7 Å². The molecule has 2 unspecified atom stereocenters. The van der Waals surface area contributed by atoms with Crippen LogP contribution >= 0.6 is 0 Å². The number of aromatic nitrogens is 1. The maximum Gasteiger partial charge on any atom is 0.0500 e. The van der Waals surface area contributed by atoms with E-state index in [1.807, 2.05) is 12.4 Å². The Hall–Kier alpha value is -0.970. The molecule has 0 bridgehead atoms. The average molecular weight is 263 g/mol.